The first-order chi connectivity index (χ1) is 39.7. The van der Waals surface area contributed by atoms with Crippen LogP contribution in [0.2, 0.25) is 0 Å². The van der Waals surface area contributed by atoms with Crippen LogP contribution in [0, 0.1) is 0 Å². The van der Waals surface area contributed by atoms with Crippen molar-refractivity contribution in [1.82, 2.24) is 29.9 Å². The molecule has 8 nitrogen and oxygen atoms in total. The molecule has 0 fully saturated rings. The molecule has 14 rings (SSSR count). The van der Waals surface area contributed by atoms with Gasteiger partial charge in [0.15, 0.2) is 17.5 Å². The van der Waals surface area contributed by atoms with Crippen LogP contribution in [0.5, 0.6) is 0 Å². The number of rotatable bonds is 11. The van der Waals surface area contributed by atoms with Gasteiger partial charge in [0.05, 0.1) is 56.9 Å². The minimum Gasteiger partial charge on any atom is -0.305 e. The van der Waals surface area contributed by atoms with Gasteiger partial charge in [-0.1, -0.05) is 237 Å². The van der Waals surface area contributed by atoms with Crippen LogP contribution in [0.3, 0.4) is 0 Å². The van der Waals surface area contributed by atoms with Crippen molar-refractivity contribution in [2.24, 2.45) is 0 Å². The number of nitrogens with zero attached hydrogens (tertiary/aromatic N) is 8. The van der Waals surface area contributed by atoms with E-state index in [2.05, 4.69) is 204 Å². The van der Waals surface area contributed by atoms with Crippen molar-refractivity contribution in [3.63, 3.8) is 0 Å². The fourth-order valence-corrected chi connectivity index (χ4v) is 10.6. The van der Waals surface area contributed by atoms with Gasteiger partial charge in [-0.05, 0) is 54.1 Å². The first kappa shape index (κ1) is 47.5. The van der Waals surface area contributed by atoms with Crippen molar-refractivity contribution in [2.45, 2.75) is 0 Å². The fraction of sp³-hybridized carbons (Fsp3) is 0. The highest BCUT2D eigenvalue weighted by Gasteiger charge is 2.35. The molecule has 0 radical (unpaired) electrons. The number of hydrogen-bond donors (Lipinski definition) is 0. The minimum atomic E-state index is 0.608. The van der Waals surface area contributed by atoms with Crippen LogP contribution in [0.15, 0.2) is 291 Å². The molecule has 1 aliphatic rings. The molecule has 4 heterocycles. The zero-order valence-corrected chi connectivity index (χ0v) is 43.3. The summed E-state index contributed by atoms with van der Waals surface area (Å²) in [5.74, 6) is 2.60. The first-order valence-corrected chi connectivity index (χ1v) is 26.7. The highest BCUT2D eigenvalue weighted by Crippen LogP contribution is 2.58. The van der Waals surface area contributed by atoms with Gasteiger partial charge in [0, 0.05) is 56.1 Å². The average molecular weight is 1030 g/mol. The predicted molar refractivity (Wildman–Crippen MR) is 325 cm³/mol. The summed E-state index contributed by atoms with van der Waals surface area (Å²) in [4.78, 5) is 36.9. The second-order valence-electron chi connectivity index (χ2n) is 19.5. The van der Waals surface area contributed by atoms with Crippen LogP contribution < -0.4 is 9.80 Å². The molecule has 13 aromatic rings. The van der Waals surface area contributed by atoms with Gasteiger partial charge >= 0.3 is 0 Å². The molecule has 0 aliphatic carbocycles. The molecule has 10 aromatic carbocycles. The maximum absolute atomic E-state index is 5.61. The van der Waals surface area contributed by atoms with Crippen LogP contribution in [-0.2, 0) is 0 Å². The van der Waals surface area contributed by atoms with Crippen LogP contribution in [0.1, 0.15) is 0 Å². The first-order valence-electron chi connectivity index (χ1n) is 26.7. The van der Waals surface area contributed by atoms with Gasteiger partial charge in [-0.25, -0.2) is 29.9 Å². The zero-order valence-electron chi connectivity index (χ0n) is 43.3. The molecule has 8 heteroatoms. The fourth-order valence-electron chi connectivity index (χ4n) is 10.6. The summed E-state index contributed by atoms with van der Waals surface area (Å²) < 4.78 is 0. The van der Waals surface area contributed by atoms with Gasteiger partial charge in [-0.3, -0.25) is 4.90 Å². The van der Waals surface area contributed by atoms with Gasteiger partial charge < -0.3 is 4.90 Å². The maximum atomic E-state index is 5.61. The van der Waals surface area contributed by atoms with Crippen LogP contribution in [-0.4, -0.2) is 29.9 Å². The topological polar surface area (TPSA) is 83.8 Å². The number of para-hydroxylation sites is 4. The van der Waals surface area contributed by atoms with Crippen molar-refractivity contribution in [2.75, 3.05) is 9.80 Å². The summed E-state index contributed by atoms with van der Waals surface area (Å²) in [5.41, 5.74) is 18.1. The Hall–Kier alpha value is -11.0. The lowest BCUT2D eigenvalue weighted by Gasteiger charge is -2.41. The van der Waals surface area contributed by atoms with E-state index in [1.54, 1.807) is 0 Å². The van der Waals surface area contributed by atoms with Crippen molar-refractivity contribution in [3.05, 3.63) is 291 Å². The highest BCUT2D eigenvalue weighted by molar-refractivity contribution is 6.08. The van der Waals surface area contributed by atoms with Crippen molar-refractivity contribution < 1.29 is 0 Å². The van der Waals surface area contributed by atoms with Crippen LogP contribution in [0.4, 0.5) is 34.3 Å². The summed E-state index contributed by atoms with van der Waals surface area (Å²) in [6.45, 7) is 0. The Morgan fingerprint density at radius 2 is 0.487 bits per heavy atom. The third-order valence-corrected chi connectivity index (χ3v) is 14.4. The lowest BCUT2D eigenvalue weighted by molar-refractivity contribution is 1.09. The molecule has 0 saturated carbocycles. The maximum Gasteiger partial charge on any atom is 0.162 e. The number of aromatic nitrogens is 6. The molecule has 3 aromatic heterocycles. The van der Waals surface area contributed by atoms with Crippen LogP contribution >= 0.6 is 0 Å². The molecule has 0 unspecified atom stereocenters. The molecule has 0 atom stereocenters. The molecule has 0 amide bonds. The van der Waals surface area contributed by atoms with E-state index in [9.17, 15) is 0 Å². The average Bonchev–Trinajstić information content (AvgIpc) is 3.58. The van der Waals surface area contributed by atoms with E-state index in [0.29, 0.717) is 17.5 Å². The van der Waals surface area contributed by atoms with E-state index in [-0.39, 0.29) is 0 Å². The molecule has 0 spiro atoms. The Morgan fingerprint density at radius 3 is 0.900 bits per heavy atom. The van der Waals surface area contributed by atoms with E-state index in [1.807, 2.05) is 97.1 Å². The Bertz CT molecular complexity index is 4120. The van der Waals surface area contributed by atoms with Crippen molar-refractivity contribution in [3.8, 4) is 102 Å². The normalized spacial score (nSPS) is 11.7. The standard InChI is InChI=1S/C72H48N8/c1-8-26-49(27-9-1)57-44-56(61-46-59(50-28-10-2-11-29-50)73-70(75-61)53-34-16-5-17-35-53)45-58(63-47-60(51-30-12-3-13-31-51)74-71(77-63)54-36-18-6-19-37-54)69(57)80-66-42-24-22-40-64(66)79(65-41-23-25-43-67(65)80)68-48-62(52-32-14-4-15-33-52)76-72(78-68)55-38-20-7-21-39-55/h1-48H. The predicted octanol–water partition coefficient (Wildman–Crippen LogP) is 18.3. The molecular weight excluding hydrogens is 977 g/mol. The molecule has 80 heavy (non-hydrogen) atoms. The number of fused-ring (bicyclic) bond motifs is 2. The van der Waals surface area contributed by atoms with E-state index < -0.39 is 0 Å². The quantitative estimate of drug-likeness (QED) is 0.127. The molecule has 0 saturated heterocycles. The molecule has 376 valence electrons. The molecule has 0 N–H and O–H groups in total. The van der Waals surface area contributed by atoms with Crippen molar-refractivity contribution >= 4 is 34.3 Å². The van der Waals surface area contributed by atoms with E-state index in [4.69, 9.17) is 29.9 Å². The van der Waals surface area contributed by atoms with E-state index in [0.717, 1.165) is 118 Å². The Balaban J connectivity index is 1.07. The molecular formula is C72H48N8. The molecule has 0 bridgehead atoms. The monoisotopic (exact) mass is 1020 g/mol. The highest BCUT2D eigenvalue weighted by atomic mass is 15.3. The smallest absolute Gasteiger partial charge is 0.162 e. The van der Waals surface area contributed by atoms with Gasteiger partial charge in [0.25, 0.3) is 0 Å². The SMILES string of the molecule is c1ccc(-c2cc(-c3cc(-c4ccccc4)c(N4c5ccccc5N(c5cc(-c6ccccc6)nc(-c6ccccc6)n5)c5ccccc54)c(-c4cc(-c5ccccc5)nc(-c5ccccc5)n4)c3)nc(-c3ccccc3)n2)cc1. The number of benzene rings is 10. The summed E-state index contributed by atoms with van der Waals surface area (Å²) in [6.07, 6.45) is 0. The lowest BCUT2D eigenvalue weighted by Crippen LogP contribution is -2.25. The second kappa shape index (κ2) is 20.9. The van der Waals surface area contributed by atoms with Gasteiger partial charge in [0.2, 0.25) is 0 Å². The van der Waals surface area contributed by atoms with Crippen LogP contribution in [0.25, 0.3) is 102 Å². The molecule has 1 aliphatic heterocycles. The Kier molecular flexibility index (Phi) is 12.4. The summed E-state index contributed by atoms with van der Waals surface area (Å²) >= 11 is 0. The summed E-state index contributed by atoms with van der Waals surface area (Å²) in [6, 6.07) is 100. The summed E-state index contributed by atoms with van der Waals surface area (Å²) in [7, 11) is 0. The minimum absolute atomic E-state index is 0.608. The third-order valence-electron chi connectivity index (χ3n) is 14.4. The number of anilines is 6. The van der Waals surface area contributed by atoms with Gasteiger partial charge in [-0.2, -0.15) is 0 Å². The Morgan fingerprint density at radius 1 is 0.200 bits per heavy atom. The Labute approximate surface area is 464 Å². The second-order valence-corrected chi connectivity index (χ2v) is 19.5. The zero-order chi connectivity index (χ0) is 53.2. The third kappa shape index (κ3) is 9.12. The summed E-state index contributed by atoms with van der Waals surface area (Å²) in [5, 5.41) is 0. The van der Waals surface area contributed by atoms with Gasteiger partial charge in [-0.15, -0.1) is 0 Å². The van der Waals surface area contributed by atoms with Crippen molar-refractivity contribution in [1.29, 1.82) is 0 Å². The lowest BCUT2D eigenvalue weighted by atomic mass is 9.91. The largest absolute Gasteiger partial charge is 0.305 e. The van der Waals surface area contributed by atoms with Gasteiger partial charge in [0.1, 0.15) is 5.82 Å². The van der Waals surface area contributed by atoms with E-state index in [1.165, 1.54) is 0 Å². The van der Waals surface area contributed by atoms with E-state index >= 15 is 0 Å². The number of hydrogen-bond acceptors (Lipinski definition) is 8.